The Bertz CT molecular complexity index is 595. The maximum Gasteiger partial charge on any atom is 0.168 e. The van der Waals surface area contributed by atoms with E-state index in [1.54, 1.807) is 25.3 Å². The first kappa shape index (κ1) is 13.4. The lowest BCUT2D eigenvalue weighted by atomic mass is 10.1. The van der Waals surface area contributed by atoms with Gasteiger partial charge in [-0.2, -0.15) is 0 Å². The zero-order valence-corrected chi connectivity index (χ0v) is 11.2. The average Bonchev–Trinajstić information content (AvgIpc) is 2.86. The topological polar surface area (TPSA) is 80.7 Å². The molecule has 0 saturated carbocycles. The van der Waals surface area contributed by atoms with Gasteiger partial charge in [0.15, 0.2) is 5.11 Å². The Morgan fingerprint density at radius 1 is 1.42 bits per heavy atom. The minimum atomic E-state index is -0.136. The minimum Gasteiger partial charge on any atom is -0.496 e. The van der Waals surface area contributed by atoms with E-state index in [9.17, 15) is 0 Å². The fourth-order valence-corrected chi connectivity index (χ4v) is 1.84. The van der Waals surface area contributed by atoms with E-state index in [0.29, 0.717) is 17.3 Å². The Hall–Kier alpha value is -2.05. The van der Waals surface area contributed by atoms with Crippen LogP contribution in [-0.4, -0.2) is 17.3 Å². The fraction of sp³-hybridized carbons (Fsp3) is 0.154. The van der Waals surface area contributed by atoms with Gasteiger partial charge in [0.1, 0.15) is 23.9 Å². The van der Waals surface area contributed by atoms with Crippen LogP contribution in [0.15, 0.2) is 34.7 Å². The molecule has 2 rings (SSSR count). The van der Waals surface area contributed by atoms with Gasteiger partial charge in [0.05, 0.1) is 12.7 Å². The van der Waals surface area contributed by atoms with Gasteiger partial charge >= 0.3 is 0 Å². The highest BCUT2D eigenvalue weighted by Crippen LogP contribution is 2.33. The molecule has 19 heavy (non-hydrogen) atoms. The molecule has 0 aliphatic carbocycles. The lowest BCUT2D eigenvalue weighted by Crippen LogP contribution is -2.18. The Kier molecular flexibility index (Phi) is 4.03. The van der Waals surface area contributed by atoms with Crippen molar-refractivity contribution in [3.63, 3.8) is 0 Å². The van der Waals surface area contributed by atoms with Crippen LogP contribution in [0.1, 0.15) is 5.76 Å². The van der Waals surface area contributed by atoms with Crippen molar-refractivity contribution in [1.29, 1.82) is 0 Å². The number of furan rings is 1. The number of nitrogens with one attached hydrogen (secondary N) is 1. The van der Waals surface area contributed by atoms with Gasteiger partial charge in [-0.25, -0.2) is 0 Å². The average molecular weight is 278 g/mol. The van der Waals surface area contributed by atoms with Crippen LogP contribution in [0.5, 0.6) is 5.75 Å². The summed E-state index contributed by atoms with van der Waals surface area (Å²) in [5, 5.41) is 12.0. The second-order valence-corrected chi connectivity index (χ2v) is 4.27. The van der Waals surface area contributed by atoms with Crippen molar-refractivity contribution in [2.75, 3.05) is 12.4 Å². The molecule has 0 saturated heterocycles. The fourth-order valence-electron chi connectivity index (χ4n) is 1.72. The van der Waals surface area contributed by atoms with Gasteiger partial charge in [0, 0.05) is 11.8 Å². The Labute approximate surface area is 116 Å². The van der Waals surface area contributed by atoms with Gasteiger partial charge in [-0.15, -0.1) is 0 Å². The monoisotopic (exact) mass is 278 g/mol. The van der Waals surface area contributed by atoms with Crippen molar-refractivity contribution < 1.29 is 14.3 Å². The first-order valence-corrected chi connectivity index (χ1v) is 5.99. The predicted molar refractivity (Wildman–Crippen MR) is 77.0 cm³/mol. The van der Waals surface area contributed by atoms with Gasteiger partial charge in [0.2, 0.25) is 0 Å². The van der Waals surface area contributed by atoms with Crippen molar-refractivity contribution in [1.82, 2.24) is 0 Å². The number of nitrogens with two attached hydrogens (primary N) is 1. The molecule has 0 radical (unpaired) electrons. The van der Waals surface area contributed by atoms with E-state index in [-0.39, 0.29) is 11.7 Å². The molecule has 0 aliphatic heterocycles. The Balaban J connectivity index is 2.37. The van der Waals surface area contributed by atoms with Crippen LogP contribution in [0, 0.1) is 0 Å². The molecule has 5 nitrogen and oxygen atoms in total. The third-order valence-corrected chi connectivity index (χ3v) is 2.65. The van der Waals surface area contributed by atoms with Gasteiger partial charge in [-0.1, -0.05) is 0 Å². The first-order valence-electron chi connectivity index (χ1n) is 5.58. The van der Waals surface area contributed by atoms with Gasteiger partial charge in [-0.05, 0) is 36.5 Å². The lowest BCUT2D eigenvalue weighted by Gasteiger charge is -2.10. The predicted octanol–water partition coefficient (Wildman–Crippen LogP) is 2.10. The van der Waals surface area contributed by atoms with Gasteiger partial charge in [0.25, 0.3) is 0 Å². The SMILES string of the molecule is COc1cc(NC(N)=S)ccc1-c1ccc(CO)o1. The number of ether oxygens (including phenoxy) is 1. The summed E-state index contributed by atoms with van der Waals surface area (Å²) < 4.78 is 10.8. The van der Waals surface area contributed by atoms with E-state index in [2.05, 4.69) is 5.32 Å². The lowest BCUT2D eigenvalue weighted by molar-refractivity contribution is 0.248. The number of hydrogen-bond donors (Lipinski definition) is 3. The molecule has 0 unspecified atom stereocenters. The minimum absolute atomic E-state index is 0.136. The molecule has 0 atom stereocenters. The summed E-state index contributed by atoms with van der Waals surface area (Å²) in [5.74, 6) is 1.75. The zero-order valence-electron chi connectivity index (χ0n) is 10.3. The van der Waals surface area contributed by atoms with E-state index in [1.165, 1.54) is 0 Å². The van der Waals surface area contributed by atoms with Gasteiger partial charge < -0.3 is 25.3 Å². The van der Waals surface area contributed by atoms with E-state index in [0.717, 1.165) is 11.3 Å². The zero-order chi connectivity index (χ0) is 13.8. The summed E-state index contributed by atoms with van der Waals surface area (Å²) in [6.45, 7) is -0.136. The molecule has 6 heteroatoms. The summed E-state index contributed by atoms with van der Waals surface area (Å²) >= 11 is 4.78. The van der Waals surface area contributed by atoms with Crippen molar-refractivity contribution in [2.24, 2.45) is 5.73 Å². The molecule has 2 aromatic rings. The summed E-state index contributed by atoms with van der Waals surface area (Å²) in [5.41, 5.74) is 6.95. The second kappa shape index (κ2) is 5.73. The normalized spacial score (nSPS) is 10.2. The van der Waals surface area contributed by atoms with E-state index < -0.39 is 0 Å². The first-order chi connectivity index (χ1) is 9.13. The number of methoxy groups -OCH3 is 1. The molecule has 0 amide bonds. The molecule has 1 heterocycles. The van der Waals surface area contributed by atoms with E-state index >= 15 is 0 Å². The standard InChI is InChI=1S/C13H14N2O3S/c1-17-12-6-8(15-13(14)19)2-4-10(12)11-5-3-9(7-16)18-11/h2-6,16H,7H2,1H3,(H3,14,15,19). The number of benzene rings is 1. The van der Waals surface area contributed by atoms with Crippen LogP contribution in [0.3, 0.4) is 0 Å². The highest BCUT2D eigenvalue weighted by molar-refractivity contribution is 7.80. The molecule has 0 fully saturated rings. The third-order valence-electron chi connectivity index (χ3n) is 2.55. The molecular weight excluding hydrogens is 264 g/mol. The number of aliphatic hydroxyl groups is 1. The molecule has 0 bridgehead atoms. The maximum absolute atomic E-state index is 9.00. The Morgan fingerprint density at radius 3 is 2.79 bits per heavy atom. The van der Waals surface area contributed by atoms with Crippen LogP contribution < -0.4 is 15.8 Å². The molecule has 100 valence electrons. The smallest absolute Gasteiger partial charge is 0.168 e. The number of aliphatic hydroxyl groups excluding tert-OH is 1. The quantitative estimate of drug-likeness (QED) is 0.743. The van der Waals surface area contributed by atoms with Crippen molar-refractivity contribution >= 4 is 23.0 Å². The molecule has 0 spiro atoms. The number of anilines is 1. The largest absolute Gasteiger partial charge is 0.496 e. The summed E-state index contributed by atoms with van der Waals surface area (Å²) in [6, 6.07) is 8.92. The van der Waals surface area contributed by atoms with Crippen LogP contribution in [0.4, 0.5) is 5.69 Å². The molecule has 1 aromatic heterocycles. The van der Waals surface area contributed by atoms with Crippen molar-refractivity contribution in [2.45, 2.75) is 6.61 Å². The van der Waals surface area contributed by atoms with Crippen molar-refractivity contribution in [3.05, 3.63) is 36.1 Å². The number of hydrogen-bond acceptors (Lipinski definition) is 4. The highest BCUT2D eigenvalue weighted by Gasteiger charge is 2.11. The second-order valence-electron chi connectivity index (χ2n) is 3.83. The van der Waals surface area contributed by atoms with Crippen LogP contribution in [-0.2, 0) is 6.61 Å². The Morgan fingerprint density at radius 2 is 2.21 bits per heavy atom. The number of thiocarbonyl (C=S) groups is 1. The third kappa shape index (κ3) is 3.04. The summed E-state index contributed by atoms with van der Waals surface area (Å²) in [7, 11) is 1.57. The van der Waals surface area contributed by atoms with E-state index in [1.807, 2.05) is 12.1 Å². The molecule has 1 aromatic carbocycles. The summed E-state index contributed by atoms with van der Waals surface area (Å²) in [6.07, 6.45) is 0. The van der Waals surface area contributed by atoms with Crippen LogP contribution in [0.2, 0.25) is 0 Å². The van der Waals surface area contributed by atoms with Crippen molar-refractivity contribution in [3.8, 4) is 17.1 Å². The molecule has 4 N–H and O–H groups in total. The number of rotatable bonds is 4. The van der Waals surface area contributed by atoms with Gasteiger partial charge in [-0.3, -0.25) is 0 Å². The van der Waals surface area contributed by atoms with Crippen LogP contribution in [0.25, 0.3) is 11.3 Å². The van der Waals surface area contributed by atoms with E-state index in [4.69, 9.17) is 32.2 Å². The summed E-state index contributed by atoms with van der Waals surface area (Å²) in [4.78, 5) is 0. The molecular formula is C13H14N2O3S. The maximum atomic E-state index is 9.00. The highest BCUT2D eigenvalue weighted by atomic mass is 32.1. The molecule has 0 aliphatic rings. The van der Waals surface area contributed by atoms with Crippen LogP contribution >= 0.6 is 12.2 Å².